The van der Waals surface area contributed by atoms with Crippen molar-refractivity contribution in [3.63, 3.8) is 0 Å². The number of fused-ring (bicyclic) bond motifs is 2. The number of aromatic amines is 1. The summed E-state index contributed by atoms with van der Waals surface area (Å²) in [6, 6.07) is 2.13. The summed E-state index contributed by atoms with van der Waals surface area (Å²) >= 11 is 0. The largest absolute Gasteiger partial charge is 0.381 e. The van der Waals surface area contributed by atoms with Crippen LogP contribution in [0.3, 0.4) is 0 Å². The van der Waals surface area contributed by atoms with Gasteiger partial charge in [-0.25, -0.2) is 13.2 Å². The Hall–Kier alpha value is -3.86. The lowest BCUT2D eigenvalue weighted by molar-refractivity contribution is -0.124. The van der Waals surface area contributed by atoms with E-state index in [0.29, 0.717) is 36.3 Å². The predicted molar refractivity (Wildman–Crippen MR) is 146 cm³/mol. The minimum Gasteiger partial charge on any atom is -0.381 e. The summed E-state index contributed by atoms with van der Waals surface area (Å²) < 4.78 is 41.5. The average molecular weight is 553 g/mol. The molecule has 1 aromatic carbocycles. The normalized spacial score (nSPS) is 22.9. The van der Waals surface area contributed by atoms with Gasteiger partial charge in [0.25, 0.3) is 11.5 Å². The Morgan fingerprint density at radius 2 is 1.93 bits per heavy atom. The van der Waals surface area contributed by atoms with Crippen LogP contribution in [-0.4, -0.2) is 77.4 Å². The molecule has 2 aromatic rings. The number of rotatable bonds is 8. The van der Waals surface area contributed by atoms with Crippen molar-refractivity contribution in [3.8, 4) is 0 Å². The number of hydrogen-bond donors (Lipinski definition) is 3. The Morgan fingerprint density at radius 1 is 1.12 bits per heavy atom. The number of nitrogens with zero attached hydrogens (tertiary/aromatic N) is 3. The van der Waals surface area contributed by atoms with E-state index in [-0.39, 0.29) is 41.1 Å². The van der Waals surface area contributed by atoms with E-state index in [9.17, 15) is 22.8 Å². The lowest BCUT2D eigenvalue weighted by Gasteiger charge is -2.20. The maximum Gasteiger partial charge on any atom is 0.261 e. The van der Waals surface area contributed by atoms with Gasteiger partial charge in [-0.1, -0.05) is 6.08 Å². The van der Waals surface area contributed by atoms with Crippen LogP contribution < -0.4 is 16.2 Å². The van der Waals surface area contributed by atoms with Crippen LogP contribution >= 0.6 is 0 Å². The Morgan fingerprint density at radius 3 is 2.73 bits per heavy atom. The number of benzene rings is 1. The highest BCUT2D eigenvalue weighted by Crippen LogP contribution is 2.32. The predicted octanol–water partition coefficient (Wildman–Crippen LogP) is 2.73. The van der Waals surface area contributed by atoms with E-state index in [4.69, 9.17) is 4.99 Å². The first-order chi connectivity index (χ1) is 19.3. The Balaban J connectivity index is 1.18. The summed E-state index contributed by atoms with van der Waals surface area (Å²) in [7, 11) is 0. The van der Waals surface area contributed by atoms with E-state index in [2.05, 4.69) is 20.5 Å². The molecule has 1 aliphatic carbocycles. The van der Waals surface area contributed by atoms with Gasteiger partial charge in [-0.2, -0.15) is 0 Å². The van der Waals surface area contributed by atoms with Gasteiger partial charge in [-0.15, -0.1) is 0 Å². The average Bonchev–Trinajstić information content (AvgIpc) is 3.64. The first kappa shape index (κ1) is 26.4. The van der Waals surface area contributed by atoms with Crippen molar-refractivity contribution in [2.75, 3.05) is 38.0 Å². The second kappa shape index (κ2) is 10.6. The number of hydrogen-bond acceptors (Lipinski definition) is 6. The number of nitrogens with one attached hydrogen (secondary N) is 3. The molecule has 0 radical (unpaired) electrons. The molecule has 40 heavy (non-hydrogen) atoms. The number of carbonyl (C=O) groups excluding carboxylic acids is 1. The van der Waals surface area contributed by atoms with Crippen LogP contribution in [0.25, 0.3) is 0 Å². The third-order valence-corrected chi connectivity index (χ3v) is 7.97. The number of amidine groups is 1. The minimum atomic E-state index is -1.24. The van der Waals surface area contributed by atoms with Crippen LogP contribution in [0.15, 0.2) is 57.5 Å². The zero-order valence-electron chi connectivity index (χ0n) is 22.1. The third-order valence-electron chi connectivity index (χ3n) is 7.97. The van der Waals surface area contributed by atoms with Crippen molar-refractivity contribution in [2.45, 2.75) is 44.3 Å². The number of anilines is 1. The molecule has 2 unspecified atom stereocenters. The number of aromatic nitrogens is 1. The Bertz CT molecular complexity index is 1490. The van der Waals surface area contributed by atoms with Crippen molar-refractivity contribution in [1.29, 1.82) is 0 Å². The van der Waals surface area contributed by atoms with Crippen LogP contribution in [0.5, 0.6) is 0 Å². The number of pyridine rings is 1. The minimum absolute atomic E-state index is 0.00747. The van der Waals surface area contributed by atoms with Gasteiger partial charge in [0.2, 0.25) is 0 Å². The molecule has 3 N–H and O–H groups in total. The molecule has 0 saturated carbocycles. The van der Waals surface area contributed by atoms with Crippen LogP contribution in [0.2, 0.25) is 0 Å². The monoisotopic (exact) mass is 552 g/mol. The quantitative estimate of drug-likeness (QED) is 0.438. The van der Waals surface area contributed by atoms with Gasteiger partial charge in [-0.05, 0) is 68.6 Å². The molecular formula is C29H31F3N6O2. The van der Waals surface area contributed by atoms with Crippen LogP contribution in [0.1, 0.15) is 30.9 Å². The highest BCUT2D eigenvalue weighted by molar-refractivity contribution is 6.06. The molecule has 2 fully saturated rings. The number of amides is 1. The fourth-order valence-corrected chi connectivity index (χ4v) is 5.99. The van der Waals surface area contributed by atoms with Gasteiger partial charge in [0.1, 0.15) is 17.2 Å². The highest BCUT2D eigenvalue weighted by atomic mass is 19.2. The molecule has 0 spiro atoms. The molecule has 4 heterocycles. The number of halogens is 3. The van der Waals surface area contributed by atoms with Crippen molar-refractivity contribution < 1.29 is 18.0 Å². The summed E-state index contributed by atoms with van der Waals surface area (Å²) in [6.45, 7) is 6.05. The Labute approximate surface area is 229 Å². The standard InChI is InChI=1S/C29H31F3N6O2/c1-16(10-17-11-19(30)13-21(31)26(17)32)34-22-4-5-33-28(39)25(22)27-35-23-12-18-15-38(9-8-37-6-2-3-7-37)29(40)20(18)14-24(23)36-27/h4-5,11-14,16,23-24H,2-3,6-10,15H2,1H3,(H,35,36)(H2,33,34,39)/t16-,23?,24?/m0/s1. The van der Waals surface area contributed by atoms with E-state index < -0.39 is 23.5 Å². The van der Waals surface area contributed by atoms with Gasteiger partial charge in [-0.3, -0.25) is 14.6 Å². The molecule has 1 amide bonds. The van der Waals surface area contributed by atoms with Gasteiger partial charge >= 0.3 is 0 Å². The molecule has 210 valence electrons. The second-order valence-electron chi connectivity index (χ2n) is 10.9. The van der Waals surface area contributed by atoms with E-state index in [0.717, 1.165) is 31.3 Å². The topological polar surface area (TPSA) is 92.8 Å². The van der Waals surface area contributed by atoms with E-state index >= 15 is 0 Å². The summed E-state index contributed by atoms with van der Waals surface area (Å²) in [6.07, 6.45) is 7.81. The second-order valence-corrected chi connectivity index (χ2v) is 10.9. The van der Waals surface area contributed by atoms with E-state index in [1.165, 1.54) is 19.0 Å². The van der Waals surface area contributed by atoms with E-state index in [1.54, 1.807) is 13.0 Å². The van der Waals surface area contributed by atoms with Gasteiger partial charge in [0, 0.05) is 43.5 Å². The van der Waals surface area contributed by atoms with Crippen molar-refractivity contribution >= 4 is 17.4 Å². The lowest BCUT2D eigenvalue weighted by atomic mass is 9.94. The Kier molecular flexibility index (Phi) is 6.99. The maximum atomic E-state index is 14.2. The summed E-state index contributed by atoms with van der Waals surface area (Å²) in [4.78, 5) is 37.7. The van der Waals surface area contributed by atoms with Gasteiger partial charge in [0.15, 0.2) is 11.6 Å². The fourth-order valence-electron chi connectivity index (χ4n) is 5.99. The maximum absolute atomic E-state index is 14.2. The van der Waals surface area contributed by atoms with Gasteiger partial charge < -0.3 is 25.4 Å². The van der Waals surface area contributed by atoms with Crippen molar-refractivity contribution in [2.24, 2.45) is 4.99 Å². The first-order valence-corrected chi connectivity index (χ1v) is 13.7. The smallest absolute Gasteiger partial charge is 0.261 e. The zero-order valence-corrected chi connectivity index (χ0v) is 22.1. The molecule has 3 atom stereocenters. The summed E-state index contributed by atoms with van der Waals surface area (Å²) in [5.74, 6) is -2.80. The molecular weight excluding hydrogens is 521 g/mol. The van der Waals surface area contributed by atoms with Crippen molar-refractivity contribution in [3.05, 3.63) is 86.6 Å². The number of likely N-dealkylation sites (tertiary alicyclic amines) is 2. The summed E-state index contributed by atoms with van der Waals surface area (Å²) in [5.41, 5.74) is 1.88. The third kappa shape index (κ3) is 5.05. The van der Waals surface area contributed by atoms with Crippen LogP contribution in [0, 0.1) is 17.5 Å². The molecule has 8 nitrogen and oxygen atoms in total. The molecule has 4 aliphatic rings. The molecule has 2 saturated heterocycles. The molecule has 1 aromatic heterocycles. The van der Waals surface area contributed by atoms with Crippen LogP contribution in [0.4, 0.5) is 18.9 Å². The zero-order chi connectivity index (χ0) is 28.0. The molecule has 11 heteroatoms. The van der Waals surface area contributed by atoms with Crippen LogP contribution in [-0.2, 0) is 11.2 Å². The fraction of sp³-hybridized carbons (Fsp3) is 0.414. The number of H-pyrrole nitrogens is 1. The number of aliphatic imine (C=N–C) groups is 1. The number of carbonyl (C=O) groups is 1. The molecule has 0 bridgehead atoms. The summed E-state index contributed by atoms with van der Waals surface area (Å²) in [5, 5.41) is 6.49. The molecule has 3 aliphatic heterocycles. The van der Waals surface area contributed by atoms with E-state index in [1.807, 2.05) is 17.1 Å². The lowest BCUT2D eigenvalue weighted by Crippen LogP contribution is -2.37. The SMILES string of the molecule is C[C@@H](Cc1cc(F)cc(F)c1F)Nc1cc[nH]c(=O)c1C1=NC2C=C3C(=O)N(CCN4CCCC4)CC3=CC2N1. The highest BCUT2D eigenvalue weighted by Gasteiger charge is 2.39. The molecule has 6 rings (SSSR count). The van der Waals surface area contributed by atoms with Crippen molar-refractivity contribution in [1.82, 2.24) is 20.1 Å². The first-order valence-electron chi connectivity index (χ1n) is 13.7. The van der Waals surface area contributed by atoms with Gasteiger partial charge in [0.05, 0.1) is 17.8 Å².